The zero-order valence-corrected chi connectivity index (χ0v) is 16.6. The Balaban J connectivity index is 1.45. The minimum atomic E-state index is -3.76. The van der Waals surface area contributed by atoms with Gasteiger partial charge in [0.25, 0.3) is 5.69 Å². The van der Waals surface area contributed by atoms with Gasteiger partial charge in [-0.2, -0.15) is 4.98 Å². The molecular weight excluding hydrogens is 414 g/mol. The average molecular weight is 429 g/mol. The van der Waals surface area contributed by atoms with Crippen LogP contribution in [0.5, 0.6) is 0 Å². The zero-order valence-electron chi connectivity index (χ0n) is 14.9. The Hall–Kier alpha value is -3.15. The molecule has 0 aliphatic heterocycles. The van der Waals surface area contributed by atoms with Gasteiger partial charge >= 0.3 is 0 Å². The number of hydrogen-bond acceptors (Lipinski definition) is 7. The molecule has 0 spiro atoms. The molecule has 148 valence electrons. The van der Waals surface area contributed by atoms with Gasteiger partial charge in [-0.05, 0) is 12.1 Å². The van der Waals surface area contributed by atoms with Crippen LogP contribution in [0.2, 0.25) is 0 Å². The van der Waals surface area contributed by atoms with Crippen LogP contribution in [0.4, 0.5) is 5.69 Å². The summed E-state index contributed by atoms with van der Waals surface area (Å²) >= 11 is 1.44. The van der Waals surface area contributed by atoms with Crippen LogP contribution >= 0.6 is 11.3 Å². The third-order valence-electron chi connectivity index (χ3n) is 4.21. The van der Waals surface area contributed by atoms with E-state index in [0.29, 0.717) is 12.2 Å². The third-order valence-corrected chi connectivity index (χ3v) is 6.55. The van der Waals surface area contributed by atoms with Gasteiger partial charge in [0.15, 0.2) is 5.82 Å². The van der Waals surface area contributed by atoms with E-state index >= 15 is 0 Å². The lowest BCUT2D eigenvalue weighted by atomic mass is 10.2. The van der Waals surface area contributed by atoms with Gasteiger partial charge in [0.1, 0.15) is 0 Å². The van der Waals surface area contributed by atoms with E-state index in [4.69, 9.17) is 0 Å². The lowest BCUT2D eigenvalue weighted by Crippen LogP contribution is -2.26. The first-order chi connectivity index (χ1) is 13.9. The predicted octanol–water partition coefficient (Wildman–Crippen LogP) is 2.89. The Morgan fingerprint density at radius 1 is 1.10 bits per heavy atom. The molecule has 0 saturated carbocycles. The second kappa shape index (κ2) is 7.70. The van der Waals surface area contributed by atoms with Crippen molar-refractivity contribution in [1.82, 2.24) is 19.3 Å². The number of aromatic nitrogens is 3. The van der Waals surface area contributed by atoms with Gasteiger partial charge in [-0.25, -0.2) is 17.7 Å². The molecule has 0 saturated heterocycles. The van der Waals surface area contributed by atoms with E-state index in [2.05, 4.69) is 14.8 Å². The summed E-state index contributed by atoms with van der Waals surface area (Å²) in [5.74, 6) is 0.616. The summed E-state index contributed by atoms with van der Waals surface area (Å²) in [6.45, 7) is 0.158. The smallest absolute Gasteiger partial charge is 0.258 e. The molecule has 0 fully saturated rings. The number of thiazole rings is 1. The van der Waals surface area contributed by atoms with E-state index in [-0.39, 0.29) is 17.1 Å². The normalized spacial score (nSPS) is 11.7. The lowest BCUT2D eigenvalue weighted by Gasteiger charge is -2.06. The molecule has 29 heavy (non-hydrogen) atoms. The molecule has 0 atom stereocenters. The number of non-ortho nitro benzene ring substituents is 1. The fourth-order valence-corrected chi connectivity index (χ4v) is 4.64. The highest BCUT2D eigenvalue weighted by atomic mass is 32.2. The van der Waals surface area contributed by atoms with Crippen LogP contribution in [0.25, 0.3) is 16.3 Å². The van der Waals surface area contributed by atoms with Crippen molar-refractivity contribution in [2.24, 2.45) is 0 Å². The molecule has 2 aromatic carbocycles. The summed E-state index contributed by atoms with van der Waals surface area (Å²) < 4.78 is 29.0. The molecule has 2 heterocycles. The fourth-order valence-electron chi connectivity index (χ4n) is 2.75. The fraction of sp³-hybridized carbons (Fsp3) is 0.111. The SMILES string of the molecule is O=[N+]([O-])c1ccc(S(=O)(=O)NCCc2csc3nc(-c4ccccc4)nn23)cc1. The van der Waals surface area contributed by atoms with Crippen LogP contribution in [0.15, 0.2) is 64.9 Å². The summed E-state index contributed by atoms with van der Waals surface area (Å²) in [5.41, 5.74) is 1.59. The topological polar surface area (TPSA) is 120 Å². The largest absolute Gasteiger partial charge is 0.269 e. The van der Waals surface area contributed by atoms with Crippen molar-refractivity contribution in [3.05, 3.63) is 75.8 Å². The highest BCUT2D eigenvalue weighted by Crippen LogP contribution is 2.21. The average Bonchev–Trinajstić information content (AvgIpc) is 3.30. The molecule has 0 amide bonds. The standard InChI is InChI=1S/C18H15N5O4S2/c24-23(25)14-6-8-16(9-7-14)29(26,27)19-11-10-15-12-28-18-20-17(21-22(15)18)13-4-2-1-3-5-13/h1-9,12,19H,10-11H2. The molecule has 0 radical (unpaired) electrons. The van der Waals surface area contributed by atoms with Crippen molar-refractivity contribution in [2.75, 3.05) is 6.54 Å². The second-order valence-electron chi connectivity index (χ2n) is 6.12. The number of fused-ring (bicyclic) bond motifs is 1. The number of benzene rings is 2. The first-order valence-corrected chi connectivity index (χ1v) is 10.9. The number of nitro groups is 1. The van der Waals surface area contributed by atoms with E-state index in [0.717, 1.165) is 28.4 Å². The number of nitrogens with one attached hydrogen (secondary N) is 1. The Labute approximate surface area is 169 Å². The minimum Gasteiger partial charge on any atom is -0.258 e. The van der Waals surface area contributed by atoms with Crippen LogP contribution in [0.1, 0.15) is 5.69 Å². The second-order valence-corrected chi connectivity index (χ2v) is 8.73. The molecule has 1 N–H and O–H groups in total. The van der Waals surface area contributed by atoms with Gasteiger partial charge in [0.05, 0.1) is 15.5 Å². The Bertz CT molecular complexity index is 1260. The van der Waals surface area contributed by atoms with E-state index in [9.17, 15) is 18.5 Å². The van der Waals surface area contributed by atoms with E-state index in [1.807, 2.05) is 35.7 Å². The van der Waals surface area contributed by atoms with E-state index < -0.39 is 14.9 Å². The molecule has 0 aliphatic carbocycles. The first-order valence-electron chi connectivity index (χ1n) is 8.57. The maximum atomic E-state index is 12.4. The third kappa shape index (κ3) is 4.01. The zero-order chi connectivity index (χ0) is 20.4. The predicted molar refractivity (Wildman–Crippen MR) is 108 cm³/mol. The van der Waals surface area contributed by atoms with Crippen molar-refractivity contribution in [3.8, 4) is 11.4 Å². The Kier molecular flexibility index (Phi) is 5.09. The molecule has 2 aromatic heterocycles. The van der Waals surface area contributed by atoms with Gasteiger partial charge in [-0.3, -0.25) is 10.1 Å². The van der Waals surface area contributed by atoms with Crippen molar-refractivity contribution < 1.29 is 13.3 Å². The van der Waals surface area contributed by atoms with Gasteiger partial charge in [-0.15, -0.1) is 16.4 Å². The molecule has 0 aliphatic rings. The van der Waals surface area contributed by atoms with Crippen LogP contribution in [-0.2, 0) is 16.4 Å². The van der Waals surface area contributed by atoms with Crippen molar-refractivity contribution in [2.45, 2.75) is 11.3 Å². The lowest BCUT2D eigenvalue weighted by molar-refractivity contribution is -0.384. The van der Waals surface area contributed by atoms with Crippen LogP contribution in [0.3, 0.4) is 0 Å². The minimum absolute atomic E-state index is 0.0225. The summed E-state index contributed by atoms with van der Waals surface area (Å²) in [6.07, 6.45) is 0.420. The van der Waals surface area contributed by atoms with Gasteiger partial charge in [0.2, 0.25) is 15.0 Å². The van der Waals surface area contributed by atoms with Gasteiger partial charge < -0.3 is 0 Å². The van der Waals surface area contributed by atoms with Gasteiger partial charge in [0, 0.05) is 36.0 Å². The highest BCUT2D eigenvalue weighted by Gasteiger charge is 2.16. The Morgan fingerprint density at radius 2 is 1.83 bits per heavy atom. The quantitative estimate of drug-likeness (QED) is 0.356. The number of nitro benzene ring substituents is 1. The first kappa shape index (κ1) is 19.2. The number of sulfonamides is 1. The summed E-state index contributed by atoms with van der Waals surface area (Å²) in [4.78, 5) is 15.3. The molecule has 11 heteroatoms. The number of hydrogen-bond donors (Lipinski definition) is 1. The van der Waals surface area contributed by atoms with Crippen LogP contribution < -0.4 is 4.72 Å². The summed E-state index contributed by atoms with van der Waals surface area (Å²) in [5, 5.41) is 17.1. The molecule has 0 bridgehead atoms. The molecule has 9 nitrogen and oxygen atoms in total. The van der Waals surface area contributed by atoms with Gasteiger partial charge in [-0.1, -0.05) is 30.3 Å². The Morgan fingerprint density at radius 3 is 2.52 bits per heavy atom. The van der Waals surface area contributed by atoms with Crippen LogP contribution in [0, 0.1) is 10.1 Å². The van der Waals surface area contributed by atoms with Crippen molar-refractivity contribution >= 4 is 32.0 Å². The number of nitrogens with zero attached hydrogens (tertiary/aromatic N) is 4. The van der Waals surface area contributed by atoms with Crippen LogP contribution in [-0.4, -0.2) is 34.5 Å². The molecule has 0 unspecified atom stereocenters. The summed E-state index contributed by atoms with van der Waals surface area (Å²) in [6, 6.07) is 14.4. The maximum Gasteiger partial charge on any atom is 0.269 e. The molecule has 4 aromatic rings. The molecule has 4 rings (SSSR count). The number of rotatable bonds is 7. The monoisotopic (exact) mass is 429 g/mol. The van der Waals surface area contributed by atoms with E-state index in [1.165, 1.54) is 23.5 Å². The maximum absolute atomic E-state index is 12.4. The highest BCUT2D eigenvalue weighted by molar-refractivity contribution is 7.89. The van der Waals surface area contributed by atoms with E-state index in [1.54, 1.807) is 4.52 Å². The van der Waals surface area contributed by atoms with Crippen molar-refractivity contribution in [1.29, 1.82) is 0 Å². The summed E-state index contributed by atoms with van der Waals surface area (Å²) in [7, 11) is -3.76. The molecular formula is C18H15N5O4S2. The van der Waals surface area contributed by atoms with Crippen molar-refractivity contribution in [3.63, 3.8) is 0 Å².